The van der Waals surface area contributed by atoms with E-state index in [1.165, 1.54) is 30.3 Å². The number of carbonyl (C=O) groups excluding carboxylic acids is 2. The van der Waals surface area contributed by atoms with Gasteiger partial charge >= 0.3 is 5.97 Å². The van der Waals surface area contributed by atoms with Gasteiger partial charge in [-0.05, 0) is 29.1 Å². The first-order chi connectivity index (χ1) is 12.4. The van der Waals surface area contributed by atoms with Gasteiger partial charge in [0.1, 0.15) is 10.0 Å². The lowest BCUT2D eigenvalue weighted by molar-refractivity contribution is -0.148. The van der Waals surface area contributed by atoms with Gasteiger partial charge in [0.15, 0.2) is 6.61 Å². The molecule has 0 aliphatic heterocycles. The van der Waals surface area contributed by atoms with Gasteiger partial charge in [0.2, 0.25) is 10.0 Å². The average Bonchev–Trinajstić information content (AvgIpc) is 3.15. The van der Waals surface area contributed by atoms with E-state index in [-0.39, 0.29) is 29.5 Å². The third-order valence-electron chi connectivity index (χ3n) is 3.15. The number of carbonyl (C=O) groups is 2. The van der Waals surface area contributed by atoms with Gasteiger partial charge < -0.3 is 10.1 Å². The van der Waals surface area contributed by atoms with Crippen LogP contribution in [0.2, 0.25) is 0 Å². The van der Waals surface area contributed by atoms with Crippen LogP contribution in [0.4, 0.5) is 4.39 Å². The zero-order chi connectivity index (χ0) is 19.0. The van der Waals surface area contributed by atoms with Gasteiger partial charge in [-0.1, -0.05) is 18.2 Å². The van der Waals surface area contributed by atoms with Crippen LogP contribution in [0.1, 0.15) is 12.0 Å². The van der Waals surface area contributed by atoms with Crippen molar-refractivity contribution in [1.29, 1.82) is 0 Å². The van der Waals surface area contributed by atoms with E-state index in [0.29, 0.717) is 5.56 Å². The Hall–Kier alpha value is -2.30. The van der Waals surface area contributed by atoms with Gasteiger partial charge in [0, 0.05) is 13.1 Å². The van der Waals surface area contributed by atoms with Crippen molar-refractivity contribution >= 4 is 33.2 Å². The standard InChI is InChI=1S/C16H17FN2O5S2/c17-13-5-3-12(4-6-13)10-18-14(20)11-24-15(21)7-8-19-26(22,23)16-2-1-9-25-16/h1-6,9,19H,7-8,10-11H2,(H,18,20). The number of esters is 1. The van der Waals surface area contributed by atoms with Crippen molar-refractivity contribution in [1.82, 2.24) is 10.0 Å². The highest BCUT2D eigenvalue weighted by Crippen LogP contribution is 2.14. The molecular weight excluding hydrogens is 383 g/mol. The van der Waals surface area contributed by atoms with Crippen LogP contribution < -0.4 is 10.0 Å². The summed E-state index contributed by atoms with van der Waals surface area (Å²) in [7, 11) is -3.63. The van der Waals surface area contributed by atoms with Crippen LogP contribution in [0.25, 0.3) is 0 Å². The highest BCUT2D eigenvalue weighted by atomic mass is 32.2. The summed E-state index contributed by atoms with van der Waals surface area (Å²) in [6.45, 7) is -0.425. The van der Waals surface area contributed by atoms with Gasteiger partial charge in [-0.25, -0.2) is 17.5 Å². The van der Waals surface area contributed by atoms with E-state index in [9.17, 15) is 22.4 Å². The predicted molar refractivity (Wildman–Crippen MR) is 93.3 cm³/mol. The summed E-state index contributed by atoms with van der Waals surface area (Å²) in [6.07, 6.45) is -0.199. The maximum Gasteiger partial charge on any atom is 0.307 e. The minimum Gasteiger partial charge on any atom is -0.456 e. The fourth-order valence-electron chi connectivity index (χ4n) is 1.85. The van der Waals surface area contributed by atoms with Crippen LogP contribution in [-0.4, -0.2) is 33.4 Å². The second-order valence-corrected chi connectivity index (χ2v) is 8.09. The minimum atomic E-state index is -3.63. The normalized spacial score (nSPS) is 11.1. The van der Waals surface area contributed by atoms with Crippen molar-refractivity contribution in [2.45, 2.75) is 17.2 Å². The molecule has 140 valence electrons. The number of benzene rings is 1. The molecule has 10 heteroatoms. The van der Waals surface area contributed by atoms with Gasteiger partial charge in [-0.2, -0.15) is 0 Å². The zero-order valence-corrected chi connectivity index (χ0v) is 15.2. The molecule has 0 saturated carbocycles. The summed E-state index contributed by atoms with van der Waals surface area (Å²) < 4.78 is 43.7. The van der Waals surface area contributed by atoms with E-state index in [1.807, 2.05) is 0 Å². The molecule has 0 fully saturated rings. The van der Waals surface area contributed by atoms with E-state index in [4.69, 9.17) is 4.74 Å². The number of hydrogen-bond acceptors (Lipinski definition) is 6. The first kappa shape index (κ1) is 20.0. The molecule has 7 nitrogen and oxygen atoms in total. The molecule has 26 heavy (non-hydrogen) atoms. The topological polar surface area (TPSA) is 102 Å². The molecule has 1 amide bonds. The molecule has 0 unspecified atom stereocenters. The molecule has 2 aromatic rings. The van der Waals surface area contributed by atoms with Crippen molar-refractivity contribution in [3.63, 3.8) is 0 Å². The van der Waals surface area contributed by atoms with Gasteiger partial charge in [0.25, 0.3) is 5.91 Å². The zero-order valence-electron chi connectivity index (χ0n) is 13.6. The van der Waals surface area contributed by atoms with E-state index >= 15 is 0 Å². The highest BCUT2D eigenvalue weighted by molar-refractivity contribution is 7.91. The van der Waals surface area contributed by atoms with Crippen LogP contribution in [-0.2, 0) is 30.9 Å². The molecule has 1 aromatic heterocycles. The van der Waals surface area contributed by atoms with Gasteiger partial charge in [0.05, 0.1) is 6.42 Å². The Morgan fingerprint density at radius 3 is 2.54 bits per heavy atom. The van der Waals surface area contributed by atoms with E-state index in [2.05, 4.69) is 10.0 Å². The lowest BCUT2D eigenvalue weighted by Crippen LogP contribution is -2.30. The third kappa shape index (κ3) is 6.54. The molecule has 2 N–H and O–H groups in total. The molecule has 0 spiro atoms. The summed E-state index contributed by atoms with van der Waals surface area (Å²) in [5.41, 5.74) is 0.703. The first-order valence-corrected chi connectivity index (χ1v) is 9.93. The van der Waals surface area contributed by atoms with Gasteiger partial charge in [-0.15, -0.1) is 11.3 Å². The van der Waals surface area contributed by atoms with Crippen LogP contribution in [0.5, 0.6) is 0 Å². The second-order valence-electron chi connectivity index (χ2n) is 5.14. The second kappa shape index (κ2) is 9.41. The Bertz CT molecular complexity index is 836. The monoisotopic (exact) mass is 400 g/mol. The largest absolute Gasteiger partial charge is 0.456 e. The number of rotatable bonds is 9. The number of amides is 1. The number of hydrogen-bond donors (Lipinski definition) is 2. The van der Waals surface area contributed by atoms with Crippen molar-refractivity contribution in [2.75, 3.05) is 13.2 Å². The van der Waals surface area contributed by atoms with E-state index in [0.717, 1.165) is 11.3 Å². The summed E-state index contributed by atoms with van der Waals surface area (Å²) in [6, 6.07) is 8.68. The minimum absolute atomic E-state index is 0.129. The van der Waals surface area contributed by atoms with Crippen molar-refractivity contribution in [3.05, 3.63) is 53.2 Å². The molecule has 1 heterocycles. The Morgan fingerprint density at radius 1 is 1.15 bits per heavy atom. The summed E-state index contributed by atoms with van der Waals surface area (Å²) >= 11 is 1.07. The quantitative estimate of drug-likeness (QED) is 0.620. The van der Waals surface area contributed by atoms with Crippen LogP contribution >= 0.6 is 11.3 Å². The van der Waals surface area contributed by atoms with Crippen molar-refractivity contribution in [3.8, 4) is 0 Å². The molecule has 2 rings (SSSR count). The fraction of sp³-hybridized carbons (Fsp3) is 0.250. The smallest absolute Gasteiger partial charge is 0.307 e. The number of sulfonamides is 1. The lowest BCUT2D eigenvalue weighted by Gasteiger charge is -2.07. The Morgan fingerprint density at radius 2 is 1.88 bits per heavy atom. The molecule has 0 aliphatic rings. The van der Waals surface area contributed by atoms with Crippen LogP contribution in [0.3, 0.4) is 0 Å². The number of thiophene rings is 1. The lowest BCUT2D eigenvalue weighted by atomic mass is 10.2. The van der Waals surface area contributed by atoms with E-state index in [1.54, 1.807) is 11.4 Å². The van der Waals surface area contributed by atoms with Crippen LogP contribution in [0, 0.1) is 5.82 Å². The summed E-state index contributed by atoms with van der Waals surface area (Å²) in [5, 5.41) is 4.16. The van der Waals surface area contributed by atoms with Gasteiger partial charge in [-0.3, -0.25) is 9.59 Å². The molecule has 0 saturated heterocycles. The number of nitrogens with one attached hydrogen (secondary N) is 2. The fourth-order valence-corrected chi connectivity index (χ4v) is 3.92. The van der Waals surface area contributed by atoms with Crippen molar-refractivity contribution in [2.24, 2.45) is 0 Å². The van der Waals surface area contributed by atoms with Crippen LogP contribution in [0.15, 0.2) is 46.0 Å². The Kier molecular flexibility index (Phi) is 7.25. The molecular formula is C16H17FN2O5S2. The third-order valence-corrected chi connectivity index (χ3v) is 6.01. The number of halogens is 1. The SMILES string of the molecule is O=C(COC(=O)CCNS(=O)(=O)c1cccs1)NCc1ccc(F)cc1. The molecule has 0 atom stereocenters. The average molecular weight is 400 g/mol. The Labute approximate surface area is 154 Å². The molecule has 0 aliphatic carbocycles. The molecule has 0 radical (unpaired) electrons. The highest BCUT2D eigenvalue weighted by Gasteiger charge is 2.15. The Balaban J connectivity index is 1.63. The molecule has 1 aromatic carbocycles. The maximum absolute atomic E-state index is 12.8. The summed E-state index contributed by atoms with van der Waals surface area (Å²) in [4.78, 5) is 23.2. The van der Waals surface area contributed by atoms with Crippen molar-refractivity contribution < 1.29 is 27.1 Å². The number of ether oxygens (including phenoxy) is 1. The predicted octanol–water partition coefficient (Wildman–Crippen LogP) is 1.42. The molecule has 0 bridgehead atoms. The maximum atomic E-state index is 12.8. The van der Waals surface area contributed by atoms with E-state index < -0.39 is 28.5 Å². The summed E-state index contributed by atoms with van der Waals surface area (Å²) in [5.74, 6) is -1.58. The first-order valence-electron chi connectivity index (χ1n) is 7.57.